The third kappa shape index (κ3) is 5.10. The summed E-state index contributed by atoms with van der Waals surface area (Å²) in [7, 11) is 4.51. The lowest BCUT2D eigenvalue weighted by atomic mass is 10.0. The Balaban J connectivity index is 1.97. The predicted molar refractivity (Wildman–Crippen MR) is 90.4 cm³/mol. The third-order valence-corrected chi connectivity index (χ3v) is 4.46. The fourth-order valence-electron chi connectivity index (χ4n) is 3.10. The quantitative estimate of drug-likeness (QED) is 0.869. The smallest absolute Gasteiger partial charge is 0.0237 e. The maximum Gasteiger partial charge on any atom is 0.0237 e. The van der Waals surface area contributed by atoms with Gasteiger partial charge < -0.3 is 10.2 Å². The third-order valence-electron chi connectivity index (χ3n) is 4.46. The van der Waals surface area contributed by atoms with E-state index in [1.165, 1.54) is 37.1 Å². The Morgan fingerprint density at radius 2 is 2.00 bits per heavy atom. The fraction of sp³-hybridized carbons (Fsp3) is 0.667. The fourth-order valence-corrected chi connectivity index (χ4v) is 3.10. The van der Waals surface area contributed by atoms with Gasteiger partial charge in [-0.3, -0.25) is 4.90 Å². The van der Waals surface area contributed by atoms with Crippen LogP contribution in [0, 0.1) is 0 Å². The lowest BCUT2D eigenvalue weighted by Crippen LogP contribution is -2.44. The van der Waals surface area contributed by atoms with Crippen molar-refractivity contribution in [3.8, 4) is 0 Å². The SMILES string of the molecule is CC(C)NCc1ccccc1CN(C)C1CCCN(C)C1. The van der Waals surface area contributed by atoms with E-state index in [9.17, 15) is 0 Å². The molecule has 1 atom stereocenters. The summed E-state index contributed by atoms with van der Waals surface area (Å²) >= 11 is 0. The summed E-state index contributed by atoms with van der Waals surface area (Å²) in [4.78, 5) is 4.99. The second-order valence-corrected chi connectivity index (χ2v) is 6.78. The van der Waals surface area contributed by atoms with E-state index < -0.39 is 0 Å². The Kier molecular flexibility index (Phi) is 6.22. The van der Waals surface area contributed by atoms with E-state index in [1.807, 2.05) is 0 Å². The molecule has 1 N–H and O–H groups in total. The van der Waals surface area contributed by atoms with Gasteiger partial charge in [0.05, 0.1) is 0 Å². The maximum atomic E-state index is 3.54. The van der Waals surface area contributed by atoms with Gasteiger partial charge in [-0.15, -0.1) is 0 Å². The average Bonchev–Trinajstić information content (AvgIpc) is 2.46. The molecule has 118 valence electrons. The van der Waals surface area contributed by atoms with Crippen molar-refractivity contribution >= 4 is 0 Å². The van der Waals surface area contributed by atoms with E-state index in [-0.39, 0.29) is 0 Å². The van der Waals surface area contributed by atoms with E-state index in [4.69, 9.17) is 0 Å². The highest BCUT2D eigenvalue weighted by Crippen LogP contribution is 2.18. The van der Waals surface area contributed by atoms with Crippen molar-refractivity contribution < 1.29 is 0 Å². The first kappa shape index (κ1) is 16.5. The van der Waals surface area contributed by atoms with E-state index in [0.717, 1.165) is 13.1 Å². The second kappa shape index (κ2) is 7.92. The zero-order valence-corrected chi connectivity index (χ0v) is 14.1. The summed E-state index contributed by atoms with van der Waals surface area (Å²) in [5.74, 6) is 0. The lowest BCUT2D eigenvalue weighted by Gasteiger charge is -2.36. The van der Waals surface area contributed by atoms with Gasteiger partial charge in [-0.1, -0.05) is 38.1 Å². The van der Waals surface area contributed by atoms with Crippen molar-refractivity contribution in [1.29, 1.82) is 0 Å². The highest BCUT2D eigenvalue weighted by atomic mass is 15.2. The second-order valence-electron chi connectivity index (χ2n) is 6.78. The molecule has 3 heteroatoms. The Bertz CT molecular complexity index is 430. The van der Waals surface area contributed by atoms with E-state index in [2.05, 4.69) is 67.3 Å². The van der Waals surface area contributed by atoms with Crippen LogP contribution in [0.25, 0.3) is 0 Å². The Hall–Kier alpha value is -0.900. The molecular formula is C18H31N3. The molecule has 0 spiro atoms. The molecule has 1 fully saturated rings. The van der Waals surface area contributed by atoms with Crippen molar-refractivity contribution in [3.63, 3.8) is 0 Å². The number of nitrogens with one attached hydrogen (secondary N) is 1. The zero-order valence-electron chi connectivity index (χ0n) is 14.1. The Morgan fingerprint density at radius 1 is 1.29 bits per heavy atom. The molecule has 0 amide bonds. The van der Waals surface area contributed by atoms with Crippen molar-refractivity contribution in [2.75, 3.05) is 27.2 Å². The molecule has 0 radical (unpaired) electrons. The van der Waals surface area contributed by atoms with Gasteiger partial charge in [0, 0.05) is 31.7 Å². The normalized spacial score (nSPS) is 20.4. The molecule has 3 nitrogen and oxygen atoms in total. The molecule has 2 rings (SSSR count). The van der Waals surface area contributed by atoms with Crippen LogP contribution in [-0.2, 0) is 13.1 Å². The molecule has 1 aromatic rings. The number of rotatable bonds is 6. The number of hydrogen-bond acceptors (Lipinski definition) is 3. The van der Waals surface area contributed by atoms with Crippen molar-refractivity contribution in [3.05, 3.63) is 35.4 Å². The first-order chi connectivity index (χ1) is 10.1. The van der Waals surface area contributed by atoms with Crippen LogP contribution in [0.15, 0.2) is 24.3 Å². The van der Waals surface area contributed by atoms with Gasteiger partial charge in [0.25, 0.3) is 0 Å². The van der Waals surface area contributed by atoms with E-state index in [1.54, 1.807) is 0 Å². The standard InChI is InChI=1S/C18H31N3/c1-15(2)19-12-16-8-5-6-9-17(16)13-21(4)18-10-7-11-20(3)14-18/h5-6,8-9,15,18-19H,7,10-14H2,1-4H3. The summed E-state index contributed by atoms with van der Waals surface area (Å²) in [5.41, 5.74) is 2.89. The average molecular weight is 289 g/mol. The van der Waals surface area contributed by atoms with Gasteiger partial charge in [-0.05, 0) is 44.6 Å². The van der Waals surface area contributed by atoms with Gasteiger partial charge in [0.15, 0.2) is 0 Å². The molecule has 0 aromatic heterocycles. The lowest BCUT2D eigenvalue weighted by molar-refractivity contribution is 0.129. The largest absolute Gasteiger partial charge is 0.310 e. The molecular weight excluding hydrogens is 258 g/mol. The van der Waals surface area contributed by atoms with Crippen LogP contribution in [0.3, 0.4) is 0 Å². The van der Waals surface area contributed by atoms with Gasteiger partial charge in [-0.25, -0.2) is 0 Å². The first-order valence-corrected chi connectivity index (χ1v) is 8.25. The van der Waals surface area contributed by atoms with Crippen LogP contribution in [0.1, 0.15) is 37.8 Å². The number of piperidine rings is 1. The summed E-state index contributed by atoms with van der Waals surface area (Å²) in [6, 6.07) is 10.1. The zero-order chi connectivity index (χ0) is 15.2. The van der Waals surface area contributed by atoms with Crippen molar-refractivity contribution in [2.24, 2.45) is 0 Å². The molecule has 1 aromatic carbocycles. The van der Waals surface area contributed by atoms with Crippen LogP contribution >= 0.6 is 0 Å². The Morgan fingerprint density at radius 3 is 2.67 bits per heavy atom. The summed E-state index contributed by atoms with van der Waals surface area (Å²) in [6.45, 7) is 8.86. The number of likely N-dealkylation sites (tertiary alicyclic amines) is 1. The van der Waals surface area contributed by atoms with Gasteiger partial charge >= 0.3 is 0 Å². The molecule has 0 saturated carbocycles. The van der Waals surface area contributed by atoms with Gasteiger partial charge in [0.1, 0.15) is 0 Å². The summed E-state index contributed by atoms with van der Waals surface area (Å²) in [5, 5.41) is 3.54. The highest BCUT2D eigenvalue weighted by Gasteiger charge is 2.21. The molecule has 0 aliphatic carbocycles. The molecule has 0 bridgehead atoms. The number of benzene rings is 1. The summed E-state index contributed by atoms with van der Waals surface area (Å²) in [6.07, 6.45) is 2.65. The first-order valence-electron chi connectivity index (χ1n) is 8.25. The van der Waals surface area contributed by atoms with Crippen LogP contribution < -0.4 is 5.32 Å². The monoisotopic (exact) mass is 289 g/mol. The van der Waals surface area contributed by atoms with Crippen molar-refractivity contribution in [1.82, 2.24) is 15.1 Å². The van der Waals surface area contributed by atoms with Crippen LogP contribution in [0.4, 0.5) is 0 Å². The number of hydrogen-bond donors (Lipinski definition) is 1. The summed E-state index contributed by atoms with van der Waals surface area (Å²) < 4.78 is 0. The molecule has 1 saturated heterocycles. The van der Waals surface area contributed by atoms with Gasteiger partial charge in [0.2, 0.25) is 0 Å². The predicted octanol–water partition coefficient (Wildman–Crippen LogP) is 2.71. The Labute approximate surface area is 130 Å². The molecule has 1 unspecified atom stereocenters. The number of likely N-dealkylation sites (N-methyl/N-ethyl adjacent to an activating group) is 2. The maximum absolute atomic E-state index is 3.54. The molecule has 1 aliphatic heterocycles. The van der Waals surface area contributed by atoms with E-state index in [0.29, 0.717) is 12.1 Å². The minimum Gasteiger partial charge on any atom is -0.310 e. The van der Waals surface area contributed by atoms with Crippen LogP contribution in [-0.4, -0.2) is 49.1 Å². The molecule has 21 heavy (non-hydrogen) atoms. The van der Waals surface area contributed by atoms with Gasteiger partial charge in [-0.2, -0.15) is 0 Å². The van der Waals surface area contributed by atoms with Crippen molar-refractivity contribution in [2.45, 2.75) is 51.9 Å². The molecule has 1 aliphatic rings. The minimum atomic E-state index is 0.530. The van der Waals surface area contributed by atoms with Crippen LogP contribution in [0.2, 0.25) is 0 Å². The molecule has 1 heterocycles. The minimum absolute atomic E-state index is 0.530. The highest BCUT2D eigenvalue weighted by molar-refractivity contribution is 5.27. The number of nitrogens with zero attached hydrogens (tertiary/aromatic N) is 2. The topological polar surface area (TPSA) is 18.5 Å². The van der Waals surface area contributed by atoms with Crippen LogP contribution in [0.5, 0.6) is 0 Å². The van der Waals surface area contributed by atoms with E-state index >= 15 is 0 Å².